The van der Waals surface area contributed by atoms with Crippen LogP contribution in [0.25, 0.3) is 11.0 Å². The van der Waals surface area contributed by atoms with Crippen LogP contribution >= 0.6 is 15.9 Å². The maximum atomic E-state index is 13.9. The van der Waals surface area contributed by atoms with Gasteiger partial charge < -0.3 is 9.30 Å². The van der Waals surface area contributed by atoms with Crippen LogP contribution in [0.3, 0.4) is 0 Å². The first-order valence-corrected chi connectivity index (χ1v) is 10.6. The molecule has 10 heteroatoms. The summed E-state index contributed by atoms with van der Waals surface area (Å²) in [5.41, 5.74) is -0.234. The fraction of sp³-hybridized carbons (Fsp3) is 0.611. The highest BCUT2D eigenvalue weighted by Gasteiger charge is 2.44. The summed E-state index contributed by atoms with van der Waals surface area (Å²) in [5.74, 6) is 0. The summed E-state index contributed by atoms with van der Waals surface area (Å²) >= 11 is 3.27. The van der Waals surface area contributed by atoms with E-state index in [2.05, 4.69) is 25.6 Å². The van der Waals surface area contributed by atoms with Crippen molar-refractivity contribution in [1.82, 2.24) is 14.3 Å². The van der Waals surface area contributed by atoms with Crippen molar-refractivity contribution in [2.24, 2.45) is 0 Å². The van der Waals surface area contributed by atoms with Gasteiger partial charge in [0, 0.05) is 24.3 Å². The van der Waals surface area contributed by atoms with Crippen molar-refractivity contribution in [3.63, 3.8) is 0 Å². The maximum absolute atomic E-state index is 13.9. The normalized spacial score (nSPS) is 15.8. The highest BCUT2D eigenvalue weighted by Crippen LogP contribution is 2.38. The zero-order chi connectivity index (χ0) is 21.5. The van der Waals surface area contributed by atoms with E-state index < -0.39 is 33.6 Å². The summed E-state index contributed by atoms with van der Waals surface area (Å²) in [6.45, 7) is 8.83. The molecule has 0 aliphatic rings. The Kier molecular flexibility index (Phi) is 6.70. The molecule has 0 saturated carbocycles. The number of alkyl halides is 3. The van der Waals surface area contributed by atoms with E-state index in [1.165, 1.54) is 6.20 Å². The first-order chi connectivity index (χ1) is 12.7. The molecule has 0 aromatic carbocycles. The lowest BCUT2D eigenvalue weighted by Crippen LogP contribution is -2.41. The molecule has 0 saturated heterocycles. The van der Waals surface area contributed by atoms with Crippen LogP contribution in [0.5, 0.6) is 0 Å². The molecule has 0 fully saturated rings. The largest absolute Gasteiger partial charge is 0.408 e. The van der Waals surface area contributed by atoms with Crippen molar-refractivity contribution in [3.8, 4) is 0 Å². The second kappa shape index (κ2) is 8.04. The Bertz CT molecular complexity index is 875. The quantitative estimate of drug-likeness (QED) is 0.595. The number of hydrogen-bond donors (Lipinski definition) is 1. The predicted octanol–water partition coefficient (Wildman–Crippen LogP) is 4.88. The molecule has 0 radical (unpaired) electrons. The van der Waals surface area contributed by atoms with Gasteiger partial charge in [0.05, 0.1) is 27.9 Å². The molecule has 0 spiro atoms. The van der Waals surface area contributed by atoms with Gasteiger partial charge in [-0.1, -0.05) is 0 Å². The number of nitrogens with one attached hydrogen (secondary N) is 1. The van der Waals surface area contributed by atoms with Crippen LogP contribution in [0.1, 0.15) is 46.2 Å². The molecule has 28 heavy (non-hydrogen) atoms. The molecule has 5 nitrogen and oxygen atoms in total. The fourth-order valence-corrected chi connectivity index (χ4v) is 3.71. The van der Waals surface area contributed by atoms with Gasteiger partial charge in [-0.05, 0) is 62.7 Å². The first kappa shape index (κ1) is 23.3. The number of hydrogen-bond acceptors (Lipinski definition) is 3. The van der Waals surface area contributed by atoms with Gasteiger partial charge in [-0.15, -0.1) is 0 Å². The minimum Gasteiger partial charge on any atom is -0.377 e. The number of rotatable bonds is 6. The second-order valence-corrected chi connectivity index (χ2v) is 11.0. The van der Waals surface area contributed by atoms with Crippen molar-refractivity contribution in [2.45, 2.75) is 63.7 Å². The van der Waals surface area contributed by atoms with E-state index in [0.717, 1.165) is 0 Å². The Hall–Kier alpha value is -0.970. The van der Waals surface area contributed by atoms with Crippen molar-refractivity contribution >= 4 is 37.9 Å². The molecule has 0 bridgehead atoms. The van der Waals surface area contributed by atoms with Crippen molar-refractivity contribution in [3.05, 3.63) is 28.5 Å². The van der Waals surface area contributed by atoms with Gasteiger partial charge in [-0.25, -0.2) is 13.9 Å². The van der Waals surface area contributed by atoms with Crippen molar-refractivity contribution < 1.29 is 22.1 Å². The monoisotopic (exact) mass is 483 g/mol. The molecule has 2 atom stereocenters. The van der Waals surface area contributed by atoms with E-state index in [1.54, 1.807) is 44.6 Å². The average molecular weight is 484 g/mol. The number of aromatic nitrogens is 2. The number of nitrogens with zero attached hydrogens (tertiary/aromatic N) is 2. The number of ether oxygens (including phenoxy) is 1. The molecule has 2 heterocycles. The number of methoxy groups -OCH3 is 1. The molecule has 0 aliphatic heterocycles. The van der Waals surface area contributed by atoms with Gasteiger partial charge in [-0.2, -0.15) is 13.2 Å². The van der Waals surface area contributed by atoms with Crippen LogP contribution in [-0.2, 0) is 22.3 Å². The lowest BCUT2D eigenvalue weighted by molar-refractivity contribution is -0.152. The van der Waals surface area contributed by atoms with Gasteiger partial charge in [0.25, 0.3) is 0 Å². The fourth-order valence-electron chi connectivity index (χ4n) is 2.58. The summed E-state index contributed by atoms with van der Waals surface area (Å²) in [6.07, 6.45) is -3.22. The van der Waals surface area contributed by atoms with Crippen LogP contribution in [0.4, 0.5) is 13.2 Å². The Morgan fingerprint density at radius 3 is 2.36 bits per heavy atom. The predicted molar refractivity (Wildman–Crippen MR) is 108 cm³/mol. The number of fused-ring (bicyclic) bond motifs is 1. The van der Waals surface area contributed by atoms with E-state index in [4.69, 9.17) is 4.74 Å². The Balaban J connectivity index is 2.63. The Morgan fingerprint density at radius 1 is 1.25 bits per heavy atom. The summed E-state index contributed by atoms with van der Waals surface area (Å²) < 4.78 is 63.2. The molecule has 2 aromatic heterocycles. The molecule has 0 aliphatic carbocycles. The van der Waals surface area contributed by atoms with E-state index in [0.29, 0.717) is 22.2 Å². The SMILES string of the molecule is COC(C)(C)Cn1cc(C(NS(=O)C(C)(C)C)C(F)(F)F)c2ccc(Br)nc21. The topological polar surface area (TPSA) is 56.1 Å². The zero-order valence-corrected chi connectivity index (χ0v) is 19.1. The lowest BCUT2D eigenvalue weighted by Gasteiger charge is -2.26. The van der Waals surface area contributed by atoms with Crippen LogP contribution in [0.2, 0.25) is 0 Å². The number of pyridine rings is 1. The standard InChI is InChI=1S/C18H25BrF3N3O2S/c1-16(2,3)28(26)24-14(18(20,21)22)12-9-25(10-17(4,5)27-6)15-11(12)7-8-13(19)23-15/h7-9,14,24H,10H2,1-6H3. The maximum Gasteiger partial charge on any atom is 0.408 e. The molecule has 2 aromatic rings. The minimum atomic E-state index is -4.64. The highest BCUT2D eigenvalue weighted by molar-refractivity contribution is 9.10. The lowest BCUT2D eigenvalue weighted by atomic mass is 10.1. The van der Waals surface area contributed by atoms with Gasteiger partial charge in [-0.3, -0.25) is 0 Å². The minimum absolute atomic E-state index is 0.0213. The average Bonchev–Trinajstić information content (AvgIpc) is 2.87. The summed E-state index contributed by atoms with van der Waals surface area (Å²) in [5, 5.41) is 0.343. The second-order valence-electron chi connectivity index (χ2n) is 8.15. The van der Waals surface area contributed by atoms with Gasteiger partial charge in [0.2, 0.25) is 0 Å². The first-order valence-electron chi connectivity index (χ1n) is 8.61. The molecule has 2 rings (SSSR count). The van der Waals surface area contributed by atoms with E-state index >= 15 is 0 Å². The molecule has 158 valence electrons. The third kappa shape index (κ3) is 5.34. The van der Waals surface area contributed by atoms with Crippen LogP contribution in [0.15, 0.2) is 22.9 Å². The molecule has 1 N–H and O–H groups in total. The van der Waals surface area contributed by atoms with Gasteiger partial charge in [0.15, 0.2) is 0 Å². The van der Waals surface area contributed by atoms with Crippen LogP contribution in [-0.4, -0.2) is 37.4 Å². The van der Waals surface area contributed by atoms with Crippen LogP contribution in [0, 0.1) is 0 Å². The molecule has 2 unspecified atom stereocenters. The van der Waals surface area contributed by atoms with E-state index in [9.17, 15) is 17.4 Å². The third-order valence-electron chi connectivity index (χ3n) is 4.24. The van der Waals surface area contributed by atoms with E-state index in [1.807, 2.05) is 13.8 Å². The molecular formula is C18H25BrF3N3O2S. The molecule has 0 amide bonds. The van der Waals surface area contributed by atoms with Crippen molar-refractivity contribution in [2.75, 3.05) is 7.11 Å². The summed E-state index contributed by atoms with van der Waals surface area (Å²) in [4.78, 5) is 4.36. The van der Waals surface area contributed by atoms with Gasteiger partial charge in [0.1, 0.15) is 16.3 Å². The Morgan fingerprint density at radius 2 is 1.86 bits per heavy atom. The third-order valence-corrected chi connectivity index (χ3v) is 6.25. The smallest absolute Gasteiger partial charge is 0.377 e. The highest BCUT2D eigenvalue weighted by atomic mass is 79.9. The Labute approximate surface area is 173 Å². The van der Waals surface area contributed by atoms with E-state index in [-0.39, 0.29) is 5.56 Å². The van der Waals surface area contributed by atoms with Crippen molar-refractivity contribution in [1.29, 1.82) is 0 Å². The zero-order valence-electron chi connectivity index (χ0n) is 16.6. The summed E-state index contributed by atoms with van der Waals surface area (Å²) in [6, 6.07) is 1.08. The number of halogens is 4. The summed E-state index contributed by atoms with van der Waals surface area (Å²) in [7, 11) is -0.363. The van der Waals surface area contributed by atoms with Crippen LogP contribution < -0.4 is 4.72 Å². The molecular weight excluding hydrogens is 459 g/mol. The van der Waals surface area contributed by atoms with Gasteiger partial charge >= 0.3 is 6.18 Å².